The van der Waals surface area contributed by atoms with E-state index in [1.165, 1.54) is 6.92 Å². The molecule has 3 rings (SSSR count). The number of ether oxygens (including phenoxy) is 1. The molecule has 0 saturated heterocycles. The number of benzene rings is 3. The average molecular weight is 402 g/mol. The second kappa shape index (κ2) is 8.82. The normalized spacial score (nSPS) is 10.9. The van der Waals surface area contributed by atoms with Crippen LogP contribution in [0.25, 0.3) is 0 Å². The number of Topliss-reactive ketones (excluding diaryl/α,β-unsaturated/α-hetero) is 1. The van der Waals surface area contributed by atoms with Gasteiger partial charge in [-0.25, -0.2) is 4.79 Å². The quantitative estimate of drug-likeness (QED) is 0.471. The smallest absolute Gasteiger partial charge is 0.323 e. The number of urea groups is 1. The molecule has 0 atom stereocenters. The summed E-state index contributed by atoms with van der Waals surface area (Å²) >= 11 is 0. The van der Waals surface area contributed by atoms with E-state index >= 15 is 0 Å². The van der Waals surface area contributed by atoms with Gasteiger partial charge < -0.3 is 15.4 Å². The Bertz CT molecular complexity index is 1050. The third-order valence-electron chi connectivity index (χ3n) is 4.57. The molecule has 30 heavy (non-hydrogen) atoms. The molecule has 0 bridgehead atoms. The Balaban J connectivity index is 1.61. The van der Waals surface area contributed by atoms with Crippen LogP contribution in [0.15, 0.2) is 72.8 Å². The molecule has 0 fully saturated rings. The van der Waals surface area contributed by atoms with Gasteiger partial charge in [-0.15, -0.1) is 0 Å². The Labute approximate surface area is 177 Å². The number of carbonyl (C=O) groups is 2. The highest BCUT2D eigenvalue weighted by atomic mass is 16.5. The summed E-state index contributed by atoms with van der Waals surface area (Å²) < 4.78 is 5.79. The summed E-state index contributed by atoms with van der Waals surface area (Å²) in [5, 5.41) is 5.67. The molecule has 0 aromatic heterocycles. The zero-order chi connectivity index (χ0) is 21.7. The van der Waals surface area contributed by atoms with E-state index in [-0.39, 0.29) is 17.2 Å². The highest BCUT2D eigenvalue weighted by molar-refractivity contribution is 5.99. The molecule has 0 aliphatic carbocycles. The number of nitrogens with one attached hydrogen (secondary N) is 2. The van der Waals surface area contributed by atoms with E-state index < -0.39 is 0 Å². The van der Waals surface area contributed by atoms with Gasteiger partial charge in [-0.2, -0.15) is 0 Å². The van der Waals surface area contributed by atoms with Crippen molar-refractivity contribution in [1.29, 1.82) is 0 Å². The number of hydrogen-bond acceptors (Lipinski definition) is 3. The predicted octanol–water partition coefficient (Wildman–Crippen LogP) is 6.62. The summed E-state index contributed by atoms with van der Waals surface area (Å²) in [4.78, 5) is 23.8. The molecule has 0 saturated carbocycles. The molecule has 5 heteroatoms. The lowest BCUT2D eigenvalue weighted by Gasteiger charge is -2.20. The predicted molar refractivity (Wildman–Crippen MR) is 121 cm³/mol. The topological polar surface area (TPSA) is 67.4 Å². The first-order valence-electron chi connectivity index (χ1n) is 9.78. The first kappa shape index (κ1) is 21.1. The molecular formula is C25H26N2O3. The van der Waals surface area contributed by atoms with Crippen LogP contribution in [-0.4, -0.2) is 11.8 Å². The largest absolute Gasteiger partial charge is 0.457 e. The van der Waals surface area contributed by atoms with Crippen LogP contribution < -0.4 is 15.4 Å². The van der Waals surface area contributed by atoms with E-state index in [9.17, 15) is 9.59 Å². The molecule has 0 spiro atoms. The monoisotopic (exact) mass is 402 g/mol. The van der Waals surface area contributed by atoms with Gasteiger partial charge in [0, 0.05) is 16.9 Å². The minimum atomic E-state index is -0.316. The lowest BCUT2D eigenvalue weighted by Crippen LogP contribution is -2.20. The summed E-state index contributed by atoms with van der Waals surface area (Å²) in [5.41, 5.74) is 3.14. The van der Waals surface area contributed by atoms with Gasteiger partial charge in [-0.1, -0.05) is 45.0 Å². The van der Waals surface area contributed by atoms with Crippen LogP contribution in [-0.2, 0) is 5.41 Å². The van der Waals surface area contributed by atoms with Gasteiger partial charge in [0.15, 0.2) is 5.78 Å². The molecular weight excluding hydrogens is 376 g/mol. The van der Waals surface area contributed by atoms with Crippen LogP contribution in [0, 0.1) is 0 Å². The van der Waals surface area contributed by atoms with Gasteiger partial charge in [0.2, 0.25) is 0 Å². The van der Waals surface area contributed by atoms with Gasteiger partial charge in [0.05, 0.1) is 0 Å². The number of anilines is 2. The van der Waals surface area contributed by atoms with Crippen LogP contribution in [0.2, 0.25) is 0 Å². The molecule has 0 heterocycles. The first-order valence-corrected chi connectivity index (χ1v) is 9.78. The molecule has 3 aromatic carbocycles. The van der Waals surface area contributed by atoms with Crippen molar-refractivity contribution >= 4 is 23.2 Å². The Hall–Kier alpha value is -3.60. The van der Waals surface area contributed by atoms with Crippen molar-refractivity contribution in [2.75, 3.05) is 10.6 Å². The zero-order valence-corrected chi connectivity index (χ0v) is 17.7. The van der Waals surface area contributed by atoms with Crippen LogP contribution >= 0.6 is 0 Å². The van der Waals surface area contributed by atoms with E-state index in [2.05, 4.69) is 31.4 Å². The van der Waals surface area contributed by atoms with E-state index in [4.69, 9.17) is 4.74 Å². The number of ketones is 1. The highest BCUT2D eigenvalue weighted by Gasteiger charge is 2.14. The fraction of sp³-hybridized carbons (Fsp3) is 0.200. The summed E-state index contributed by atoms with van der Waals surface area (Å²) in [7, 11) is 0. The van der Waals surface area contributed by atoms with Gasteiger partial charge >= 0.3 is 6.03 Å². The van der Waals surface area contributed by atoms with Gasteiger partial charge in [-0.05, 0) is 66.4 Å². The van der Waals surface area contributed by atoms with E-state index in [0.717, 1.165) is 11.3 Å². The molecule has 0 radical (unpaired) electrons. The molecule has 0 unspecified atom stereocenters. The Kier molecular flexibility index (Phi) is 6.21. The minimum absolute atomic E-state index is 0.00787. The van der Waals surface area contributed by atoms with E-state index in [0.29, 0.717) is 22.7 Å². The molecule has 3 aromatic rings. The number of amides is 2. The van der Waals surface area contributed by atoms with Gasteiger partial charge in [-0.3, -0.25) is 4.79 Å². The fourth-order valence-electron chi connectivity index (χ4n) is 2.88. The standard InChI is InChI=1S/C25H26N2O3/c1-17(28)18-7-5-10-23(15-18)30-22-13-11-20(12-14-22)26-24(29)27-21-9-6-8-19(16-21)25(2,3)4/h5-16H,1-4H3,(H2,26,27,29). The van der Waals surface area contributed by atoms with Crippen molar-refractivity contribution < 1.29 is 14.3 Å². The number of rotatable bonds is 5. The maximum atomic E-state index is 12.3. The molecule has 2 N–H and O–H groups in total. The van der Waals surface area contributed by atoms with Gasteiger partial charge in [0.1, 0.15) is 11.5 Å². The summed E-state index contributed by atoms with van der Waals surface area (Å²) in [6.07, 6.45) is 0. The molecule has 154 valence electrons. The van der Waals surface area contributed by atoms with Crippen molar-refractivity contribution in [3.8, 4) is 11.5 Å². The number of carbonyl (C=O) groups excluding carboxylic acids is 2. The van der Waals surface area contributed by atoms with Crippen LogP contribution in [0.1, 0.15) is 43.6 Å². The summed E-state index contributed by atoms with van der Waals surface area (Å²) in [5.74, 6) is 1.18. The zero-order valence-electron chi connectivity index (χ0n) is 17.7. The minimum Gasteiger partial charge on any atom is -0.457 e. The van der Waals surface area contributed by atoms with Crippen molar-refractivity contribution in [3.05, 3.63) is 83.9 Å². The van der Waals surface area contributed by atoms with Gasteiger partial charge in [0.25, 0.3) is 0 Å². The highest BCUT2D eigenvalue weighted by Crippen LogP contribution is 2.26. The summed E-state index contributed by atoms with van der Waals surface area (Å²) in [6, 6.07) is 21.6. The average Bonchev–Trinajstić information content (AvgIpc) is 2.69. The maximum Gasteiger partial charge on any atom is 0.323 e. The lowest BCUT2D eigenvalue weighted by molar-refractivity contribution is 0.101. The molecule has 5 nitrogen and oxygen atoms in total. The SMILES string of the molecule is CC(=O)c1cccc(Oc2ccc(NC(=O)Nc3cccc(C(C)(C)C)c3)cc2)c1. The number of hydrogen-bond donors (Lipinski definition) is 2. The molecule has 0 aliphatic heterocycles. The van der Waals surface area contributed by atoms with Crippen molar-refractivity contribution in [2.24, 2.45) is 0 Å². The van der Waals surface area contributed by atoms with Crippen LogP contribution in [0.4, 0.5) is 16.2 Å². The first-order chi connectivity index (χ1) is 14.2. The summed E-state index contributed by atoms with van der Waals surface area (Å²) in [6.45, 7) is 7.91. The van der Waals surface area contributed by atoms with E-state index in [1.54, 1.807) is 48.5 Å². The molecule has 0 aliphatic rings. The fourth-order valence-corrected chi connectivity index (χ4v) is 2.88. The lowest BCUT2D eigenvalue weighted by atomic mass is 9.87. The second-order valence-electron chi connectivity index (χ2n) is 8.12. The second-order valence-corrected chi connectivity index (χ2v) is 8.12. The van der Waals surface area contributed by atoms with Crippen LogP contribution in [0.5, 0.6) is 11.5 Å². The Morgan fingerprint density at radius 2 is 1.43 bits per heavy atom. The third kappa shape index (κ3) is 5.70. The van der Waals surface area contributed by atoms with Crippen LogP contribution in [0.3, 0.4) is 0 Å². The Morgan fingerprint density at radius 3 is 2.10 bits per heavy atom. The van der Waals surface area contributed by atoms with Crippen molar-refractivity contribution in [2.45, 2.75) is 33.1 Å². The van der Waals surface area contributed by atoms with Crippen molar-refractivity contribution in [1.82, 2.24) is 0 Å². The molecule has 2 amide bonds. The van der Waals surface area contributed by atoms with Crippen molar-refractivity contribution in [3.63, 3.8) is 0 Å². The van der Waals surface area contributed by atoms with E-state index in [1.807, 2.05) is 24.3 Å². The maximum absolute atomic E-state index is 12.3. The Morgan fingerprint density at radius 1 is 0.767 bits per heavy atom. The third-order valence-corrected chi connectivity index (χ3v) is 4.57.